The van der Waals surface area contributed by atoms with Crippen molar-refractivity contribution in [2.75, 3.05) is 13.1 Å². The van der Waals surface area contributed by atoms with Gasteiger partial charge < -0.3 is 10.4 Å². The van der Waals surface area contributed by atoms with Crippen LogP contribution in [0.4, 0.5) is 0 Å². The number of rotatable bonds is 4. The molecule has 0 spiro atoms. The quantitative estimate of drug-likeness (QED) is 0.656. The molecule has 0 radical (unpaired) electrons. The minimum atomic E-state index is -0.423. The predicted molar refractivity (Wildman–Crippen MR) is 55.7 cm³/mol. The fraction of sp³-hybridized carbons (Fsp3) is 1.00. The molecule has 2 nitrogen and oxygen atoms in total. The molecular formula is C11H23NO. The average Bonchev–Trinajstić information content (AvgIpc) is 2.11. The minimum Gasteiger partial charge on any atom is -0.388 e. The van der Waals surface area contributed by atoms with E-state index in [9.17, 15) is 5.11 Å². The van der Waals surface area contributed by atoms with Gasteiger partial charge in [-0.1, -0.05) is 26.7 Å². The zero-order chi connectivity index (χ0) is 9.73. The van der Waals surface area contributed by atoms with Crippen LogP contribution in [0.1, 0.15) is 46.0 Å². The van der Waals surface area contributed by atoms with Crippen molar-refractivity contribution >= 4 is 0 Å². The fourth-order valence-corrected chi connectivity index (χ4v) is 2.14. The molecule has 0 bridgehead atoms. The van der Waals surface area contributed by atoms with E-state index >= 15 is 0 Å². The van der Waals surface area contributed by atoms with Crippen molar-refractivity contribution in [3.63, 3.8) is 0 Å². The molecule has 78 valence electrons. The van der Waals surface area contributed by atoms with Gasteiger partial charge in [0.2, 0.25) is 0 Å². The first-order chi connectivity index (χ1) is 6.19. The summed E-state index contributed by atoms with van der Waals surface area (Å²) in [6.07, 6.45) is 5.78. The van der Waals surface area contributed by atoms with Gasteiger partial charge in [-0.05, 0) is 31.7 Å². The van der Waals surface area contributed by atoms with E-state index in [2.05, 4.69) is 19.2 Å². The van der Waals surface area contributed by atoms with Crippen molar-refractivity contribution in [2.45, 2.75) is 51.6 Å². The lowest BCUT2D eigenvalue weighted by molar-refractivity contribution is -0.0392. The first kappa shape index (κ1) is 11.0. The van der Waals surface area contributed by atoms with E-state index < -0.39 is 5.60 Å². The Hall–Kier alpha value is -0.0800. The number of nitrogens with one attached hydrogen (secondary N) is 1. The summed E-state index contributed by atoms with van der Waals surface area (Å²) in [5.74, 6) is 0.464. The van der Waals surface area contributed by atoms with Gasteiger partial charge in [0.15, 0.2) is 0 Å². The fourth-order valence-electron chi connectivity index (χ4n) is 2.14. The molecular weight excluding hydrogens is 162 g/mol. The topological polar surface area (TPSA) is 32.3 Å². The molecule has 1 fully saturated rings. The molecule has 0 aromatic carbocycles. The van der Waals surface area contributed by atoms with Crippen LogP contribution in [0.15, 0.2) is 0 Å². The van der Waals surface area contributed by atoms with Gasteiger partial charge in [0.25, 0.3) is 0 Å². The maximum atomic E-state index is 10.3. The summed E-state index contributed by atoms with van der Waals surface area (Å²) in [7, 11) is 0. The molecule has 1 saturated carbocycles. The number of hydrogen-bond donors (Lipinski definition) is 2. The largest absolute Gasteiger partial charge is 0.388 e. The third kappa shape index (κ3) is 2.96. The van der Waals surface area contributed by atoms with Crippen LogP contribution in [0.25, 0.3) is 0 Å². The predicted octanol–water partition coefficient (Wildman–Crippen LogP) is 1.93. The summed E-state index contributed by atoms with van der Waals surface area (Å²) >= 11 is 0. The molecule has 0 aliphatic heterocycles. The maximum absolute atomic E-state index is 10.3. The lowest BCUT2D eigenvalue weighted by atomic mass is 9.76. The number of aliphatic hydroxyl groups is 1. The summed E-state index contributed by atoms with van der Waals surface area (Å²) in [6, 6.07) is 0. The highest BCUT2D eigenvalue weighted by atomic mass is 16.3. The Kier molecular flexibility index (Phi) is 4.20. The minimum absolute atomic E-state index is 0.423. The molecule has 0 heterocycles. The van der Waals surface area contributed by atoms with Gasteiger partial charge in [-0.3, -0.25) is 0 Å². The zero-order valence-electron chi connectivity index (χ0n) is 8.97. The molecule has 13 heavy (non-hydrogen) atoms. The maximum Gasteiger partial charge on any atom is 0.0796 e. The Labute approximate surface area is 81.7 Å². The molecule has 2 unspecified atom stereocenters. The van der Waals surface area contributed by atoms with Crippen molar-refractivity contribution in [3.8, 4) is 0 Å². The first-order valence-corrected chi connectivity index (χ1v) is 5.62. The van der Waals surface area contributed by atoms with E-state index in [0.717, 1.165) is 25.9 Å². The molecule has 2 N–H and O–H groups in total. The van der Waals surface area contributed by atoms with E-state index in [0.29, 0.717) is 5.92 Å². The van der Waals surface area contributed by atoms with Crippen LogP contribution in [0.5, 0.6) is 0 Å². The van der Waals surface area contributed by atoms with Gasteiger partial charge in [-0.25, -0.2) is 0 Å². The molecule has 0 aromatic rings. The van der Waals surface area contributed by atoms with Gasteiger partial charge in [-0.15, -0.1) is 0 Å². The number of hydrogen-bond acceptors (Lipinski definition) is 2. The van der Waals surface area contributed by atoms with E-state index in [-0.39, 0.29) is 0 Å². The van der Waals surface area contributed by atoms with Crippen LogP contribution >= 0.6 is 0 Å². The second-order valence-electron chi connectivity index (χ2n) is 4.43. The van der Waals surface area contributed by atoms with E-state index in [1.165, 1.54) is 19.3 Å². The molecule has 1 aliphatic rings. The summed E-state index contributed by atoms with van der Waals surface area (Å²) in [5.41, 5.74) is -0.423. The van der Waals surface area contributed by atoms with Crippen LogP contribution in [-0.4, -0.2) is 23.8 Å². The van der Waals surface area contributed by atoms with E-state index in [1.54, 1.807) is 0 Å². The van der Waals surface area contributed by atoms with Gasteiger partial charge in [-0.2, -0.15) is 0 Å². The molecule has 0 aromatic heterocycles. The second-order valence-corrected chi connectivity index (χ2v) is 4.43. The highest BCUT2D eigenvalue weighted by Crippen LogP contribution is 2.32. The van der Waals surface area contributed by atoms with Crippen LogP contribution in [0, 0.1) is 5.92 Å². The van der Waals surface area contributed by atoms with Crippen molar-refractivity contribution in [3.05, 3.63) is 0 Å². The third-order valence-electron chi connectivity index (χ3n) is 3.27. The molecule has 1 rings (SSSR count). The van der Waals surface area contributed by atoms with Crippen molar-refractivity contribution in [1.82, 2.24) is 5.32 Å². The van der Waals surface area contributed by atoms with Crippen molar-refractivity contribution < 1.29 is 5.11 Å². The molecule has 1 aliphatic carbocycles. The summed E-state index contributed by atoms with van der Waals surface area (Å²) in [5, 5.41) is 13.6. The van der Waals surface area contributed by atoms with Crippen LogP contribution in [0.3, 0.4) is 0 Å². The smallest absolute Gasteiger partial charge is 0.0796 e. The van der Waals surface area contributed by atoms with Crippen molar-refractivity contribution in [1.29, 1.82) is 0 Å². The SMILES string of the molecule is CCCNCC1(O)CCCCC1C. The highest BCUT2D eigenvalue weighted by molar-refractivity contribution is 4.89. The molecule has 0 amide bonds. The third-order valence-corrected chi connectivity index (χ3v) is 3.27. The highest BCUT2D eigenvalue weighted by Gasteiger charge is 2.35. The van der Waals surface area contributed by atoms with Crippen molar-refractivity contribution in [2.24, 2.45) is 5.92 Å². The molecule has 0 saturated heterocycles. The molecule has 2 atom stereocenters. The Morgan fingerprint density at radius 1 is 1.46 bits per heavy atom. The van der Waals surface area contributed by atoms with Gasteiger partial charge in [0.1, 0.15) is 0 Å². The Balaban J connectivity index is 2.33. The molecule has 2 heteroatoms. The van der Waals surface area contributed by atoms with Gasteiger partial charge in [0.05, 0.1) is 5.60 Å². The van der Waals surface area contributed by atoms with E-state index in [1.807, 2.05) is 0 Å². The Morgan fingerprint density at radius 2 is 2.23 bits per heavy atom. The van der Waals surface area contributed by atoms with Gasteiger partial charge in [0, 0.05) is 6.54 Å². The monoisotopic (exact) mass is 185 g/mol. The average molecular weight is 185 g/mol. The zero-order valence-corrected chi connectivity index (χ0v) is 8.97. The standard InChI is InChI=1S/C11H23NO/c1-3-8-12-9-11(13)7-5-4-6-10(11)2/h10,12-13H,3-9H2,1-2H3. The normalized spacial score (nSPS) is 34.8. The summed E-state index contributed by atoms with van der Waals surface area (Å²) < 4.78 is 0. The van der Waals surface area contributed by atoms with Gasteiger partial charge >= 0.3 is 0 Å². The van der Waals surface area contributed by atoms with Crippen LogP contribution < -0.4 is 5.32 Å². The Morgan fingerprint density at radius 3 is 2.85 bits per heavy atom. The van der Waals surface area contributed by atoms with Crippen LogP contribution in [-0.2, 0) is 0 Å². The first-order valence-electron chi connectivity index (χ1n) is 5.62. The summed E-state index contributed by atoms with van der Waals surface area (Å²) in [6.45, 7) is 6.13. The summed E-state index contributed by atoms with van der Waals surface area (Å²) in [4.78, 5) is 0. The second kappa shape index (κ2) is 4.97. The Bertz CT molecular complexity index is 149. The van der Waals surface area contributed by atoms with Crippen LogP contribution in [0.2, 0.25) is 0 Å². The lowest BCUT2D eigenvalue weighted by Gasteiger charge is -2.38. The van der Waals surface area contributed by atoms with E-state index in [4.69, 9.17) is 0 Å². The lowest BCUT2D eigenvalue weighted by Crippen LogP contribution is -2.47.